The lowest BCUT2D eigenvalue weighted by atomic mass is 10.7. The Kier molecular flexibility index (Phi) is 58.6. The van der Waals surface area contributed by atoms with Gasteiger partial charge in [-0.15, -0.1) is 12.9 Å². The van der Waals surface area contributed by atoms with Crippen LogP contribution in [0.2, 0.25) is 0 Å². The van der Waals surface area contributed by atoms with E-state index in [1.165, 1.54) is 0 Å². The summed E-state index contributed by atoms with van der Waals surface area (Å²) in [6, 6.07) is 0. The Morgan fingerprint density at radius 1 is 0.429 bits per heavy atom. The van der Waals surface area contributed by atoms with Crippen molar-refractivity contribution in [1.82, 2.24) is 12.9 Å². The molecule has 0 spiro atoms. The first kappa shape index (κ1) is 37.7. The van der Waals surface area contributed by atoms with E-state index < -0.39 is 0 Å². The van der Waals surface area contributed by atoms with Crippen LogP contribution in [0.3, 0.4) is 0 Å². The lowest BCUT2D eigenvalue weighted by Crippen LogP contribution is -3.00. The molecule has 0 fully saturated rings. The maximum absolute atomic E-state index is 3.35. The van der Waals surface area contributed by atoms with Crippen molar-refractivity contribution >= 4 is 38.4 Å². The molecule has 0 aromatic rings. The van der Waals surface area contributed by atoms with Gasteiger partial charge >= 0.3 is 0 Å². The summed E-state index contributed by atoms with van der Waals surface area (Å²) < 4.78 is 6.17. The van der Waals surface area contributed by atoms with Crippen molar-refractivity contribution in [1.29, 1.82) is 0 Å². The normalized spacial score (nSPS) is 8.57. The van der Waals surface area contributed by atoms with Crippen molar-refractivity contribution in [2.45, 2.75) is 41.5 Å². The molecule has 0 atom stereocenters. The van der Waals surface area contributed by atoms with E-state index in [9.17, 15) is 0 Å². The standard InChI is InChI=1S/3C4H11NS.3FH/c3*1-3-5(6)4-2;;;/h3*6H,3-4H2,1-2H3;3*1H. The van der Waals surface area contributed by atoms with Gasteiger partial charge in [0.2, 0.25) is 0 Å². The molecule has 0 aliphatic rings. The van der Waals surface area contributed by atoms with Crippen LogP contribution in [0.25, 0.3) is 0 Å². The molecule has 0 rings (SSSR count). The van der Waals surface area contributed by atoms with E-state index in [4.69, 9.17) is 0 Å². The molecule has 0 heterocycles. The topological polar surface area (TPSA) is 9.72 Å². The Morgan fingerprint density at radius 2 is 0.524 bits per heavy atom. The third kappa shape index (κ3) is 44.9. The molecule has 0 aromatic carbocycles. The smallest absolute Gasteiger partial charge is 0.0451 e. The lowest BCUT2D eigenvalue weighted by molar-refractivity contribution is -0.001000. The first-order valence-corrected chi connectivity index (χ1v) is 8.15. The van der Waals surface area contributed by atoms with Gasteiger partial charge in [-0.3, -0.25) is 0 Å². The highest BCUT2D eigenvalue weighted by Gasteiger charge is 1.91. The summed E-state index contributed by atoms with van der Waals surface area (Å²) in [6.07, 6.45) is 0. The van der Waals surface area contributed by atoms with Gasteiger partial charge in [0.25, 0.3) is 0 Å². The summed E-state index contributed by atoms with van der Waals surface area (Å²) in [7, 11) is 0. The predicted molar refractivity (Wildman–Crippen MR) is 99.2 cm³/mol. The van der Waals surface area contributed by atoms with Crippen LogP contribution in [0.4, 0.5) is 0 Å². The summed E-state index contributed by atoms with van der Waals surface area (Å²) in [6.45, 7) is 19.1. The van der Waals surface area contributed by atoms with Crippen LogP contribution in [-0.4, -0.2) is 52.2 Å². The largest absolute Gasteiger partial charge is 1.00 e. The van der Waals surface area contributed by atoms with E-state index in [-0.39, 0.29) is 14.1 Å². The fourth-order valence-electron chi connectivity index (χ4n) is 0.671. The van der Waals surface area contributed by atoms with Crippen molar-refractivity contribution in [3.8, 4) is 0 Å². The summed E-state index contributed by atoms with van der Waals surface area (Å²) in [4.78, 5) is 0. The highest BCUT2D eigenvalue weighted by atomic mass is 32.1. The fraction of sp³-hybridized carbons (Fsp3) is 1.00. The molecular weight excluding hydrogens is 339 g/mol. The zero-order valence-corrected chi connectivity index (χ0v) is 17.2. The van der Waals surface area contributed by atoms with Gasteiger partial charge in [0.05, 0.1) is 0 Å². The van der Waals surface area contributed by atoms with Gasteiger partial charge in [0, 0.05) is 77.7 Å². The minimum atomic E-state index is 0. The first-order valence-electron chi connectivity index (χ1n) is 6.81. The van der Waals surface area contributed by atoms with Gasteiger partial charge in [-0.1, -0.05) is 0 Å². The van der Waals surface area contributed by atoms with Crippen LogP contribution >= 0.6 is 0 Å². The summed E-state index contributed by atoms with van der Waals surface area (Å²) in [5, 5.41) is 0. The Morgan fingerprint density at radius 3 is 0.524 bits per heavy atom. The van der Waals surface area contributed by atoms with Crippen LogP contribution in [0, 0.1) is 0 Å². The lowest BCUT2D eigenvalue weighted by Gasteiger charge is -1.97. The highest BCUT2D eigenvalue weighted by molar-refractivity contribution is 7.56. The van der Waals surface area contributed by atoms with Gasteiger partial charge in [-0.05, 0) is 41.5 Å². The van der Waals surface area contributed by atoms with Gasteiger partial charge < -0.3 is 14.1 Å². The summed E-state index contributed by atoms with van der Waals surface area (Å²) in [5.74, 6) is 0. The molecule has 0 saturated heterocycles. The molecule has 3 nitrogen and oxygen atoms in total. The van der Waals surface area contributed by atoms with E-state index in [0.717, 1.165) is 39.3 Å². The molecule has 0 aromatic heterocycles. The van der Waals surface area contributed by atoms with Gasteiger partial charge in [-0.25, -0.2) is 0 Å². The van der Waals surface area contributed by atoms with Gasteiger partial charge in [0.1, 0.15) is 0 Å². The Balaban J connectivity index is -0.0000000375. The predicted octanol–water partition coefficient (Wildman–Crippen LogP) is -8.22. The quantitative estimate of drug-likeness (QED) is 0.427. The summed E-state index contributed by atoms with van der Waals surface area (Å²) in [5.41, 5.74) is 0. The third-order valence-electron chi connectivity index (χ3n) is 2.29. The maximum Gasteiger partial charge on any atom is 0.0451 e. The van der Waals surface area contributed by atoms with E-state index in [0.29, 0.717) is 0 Å². The average molecular weight is 376 g/mol. The van der Waals surface area contributed by atoms with Gasteiger partial charge in [-0.2, -0.15) is 0 Å². The van der Waals surface area contributed by atoms with Crippen molar-refractivity contribution in [2.75, 3.05) is 39.3 Å². The average Bonchev–Trinajstić information content (AvgIpc) is 2.45. The Bertz CT molecular complexity index is 116. The van der Waals surface area contributed by atoms with Crippen molar-refractivity contribution < 1.29 is 14.1 Å². The molecule has 0 bridgehead atoms. The van der Waals surface area contributed by atoms with E-state index in [2.05, 4.69) is 92.9 Å². The molecule has 0 aliphatic heterocycles. The van der Waals surface area contributed by atoms with Crippen LogP contribution in [0.5, 0.6) is 0 Å². The van der Waals surface area contributed by atoms with E-state index in [1.54, 1.807) is 0 Å². The molecule has 0 saturated carbocycles. The molecule has 21 heavy (non-hydrogen) atoms. The fourth-order valence-corrected chi connectivity index (χ4v) is 0.671. The molecule has 0 unspecified atom stereocenters. The van der Waals surface area contributed by atoms with Crippen LogP contribution in [-0.2, 0) is 38.4 Å². The molecule has 0 aliphatic carbocycles. The minimum absolute atomic E-state index is 0. The Hall–Kier alpha value is 0.720. The SMILES string of the molecule is CCN([SH2+])CC.CCN([SH2+])CC.CCN([SH2+])CC.[F-].[F-].[F-]. The van der Waals surface area contributed by atoms with Crippen LogP contribution in [0.1, 0.15) is 41.5 Å². The van der Waals surface area contributed by atoms with Crippen molar-refractivity contribution in [2.24, 2.45) is 0 Å². The number of halogens is 3. The second kappa shape index (κ2) is 32.6. The number of rotatable bonds is 6. The zero-order valence-electron chi connectivity index (χ0n) is 14.2. The zero-order chi connectivity index (χ0) is 15.0. The third-order valence-corrected chi connectivity index (χ3v) is 4.19. The highest BCUT2D eigenvalue weighted by Crippen LogP contribution is 1.77. The first-order chi connectivity index (χ1) is 8.42. The van der Waals surface area contributed by atoms with E-state index >= 15 is 0 Å². The molecule has 138 valence electrons. The van der Waals surface area contributed by atoms with Crippen LogP contribution < -0.4 is 14.1 Å². The van der Waals surface area contributed by atoms with E-state index in [1.807, 2.05) is 0 Å². The monoisotopic (exact) mass is 375 g/mol. The summed E-state index contributed by atoms with van der Waals surface area (Å²) >= 11 is 10.1. The molecular formula is C12H36F3N3S3. The van der Waals surface area contributed by atoms with Crippen LogP contribution in [0.15, 0.2) is 0 Å². The molecule has 0 amide bonds. The molecule has 0 N–H and O–H groups in total. The molecule has 9 heteroatoms. The second-order valence-electron chi connectivity index (χ2n) is 3.52. The van der Waals surface area contributed by atoms with Gasteiger partial charge in [0.15, 0.2) is 0 Å². The Labute approximate surface area is 146 Å². The minimum Gasteiger partial charge on any atom is -1.00 e. The van der Waals surface area contributed by atoms with Crippen molar-refractivity contribution in [3.63, 3.8) is 0 Å². The number of hydrogen-bond donors (Lipinski definition) is 0. The number of hydrogen-bond acceptors (Lipinski definition) is 3. The second-order valence-corrected chi connectivity index (χ2v) is 5.41. The molecule has 0 radical (unpaired) electrons. The number of nitrogens with zero attached hydrogens (tertiary/aromatic N) is 3. The van der Waals surface area contributed by atoms with Crippen molar-refractivity contribution in [3.05, 3.63) is 0 Å². The maximum atomic E-state index is 3.35.